The second-order valence-electron chi connectivity index (χ2n) is 7.13. The fourth-order valence-corrected chi connectivity index (χ4v) is 4.58. The summed E-state index contributed by atoms with van der Waals surface area (Å²) in [6.45, 7) is 4.87. The number of phenols is 1. The third-order valence-corrected chi connectivity index (χ3v) is 6.09. The number of Topliss-reactive ketones (excluding diaryl/α,β-unsaturated/α-hetero) is 1. The van der Waals surface area contributed by atoms with Crippen LogP contribution in [0.3, 0.4) is 0 Å². The Hall–Kier alpha value is -1.39. The second kappa shape index (κ2) is 5.07. The highest BCUT2D eigenvalue weighted by Gasteiger charge is 2.60. The van der Waals surface area contributed by atoms with Gasteiger partial charge >= 0.3 is 0 Å². The number of aryl methyl sites for hydroxylation is 1. The van der Waals surface area contributed by atoms with Crippen LogP contribution >= 0.6 is 0 Å². The number of nitrogens with zero attached hydrogens (tertiary/aromatic N) is 1. The lowest BCUT2D eigenvalue weighted by atomic mass is 9.53. The van der Waals surface area contributed by atoms with E-state index < -0.39 is 11.0 Å². The Bertz CT molecular complexity index is 614. The van der Waals surface area contributed by atoms with Crippen LogP contribution in [0.2, 0.25) is 0 Å². The van der Waals surface area contributed by atoms with Crippen molar-refractivity contribution < 1.29 is 15.0 Å². The van der Waals surface area contributed by atoms with Crippen LogP contribution in [0, 0.1) is 6.92 Å². The van der Waals surface area contributed by atoms with Gasteiger partial charge in [0.15, 0.2) is 0 Å². The normalized spacial score (nSPS) is 36.2. The van der Waals surface area contributed by atoms with E-state index in [0.717, 1.165) is 24.1 Å². The quantitative estimate of drug-likeness (QED) is 0.834. The molecule has 0 radical (unpaired) electrons. The van der Waals surface area contributed by atoms with Crippen molar-refractivity contribution in [2.24, 2.45) is 0 Å². The van der Waals surface area contributed by atoms with E-state index in [4.69, 9.17) is 0 Å². The maximum atomic E-state index is 12.2. The van der Waals surface area contributed by atoms with Crippen molar-refractivity contribution in [3.05, 3.63) is 29.3 Å². The van der Waals surface area contributed by atoms with E-state index in [2.05, 4.69) is 4.90 Å². The van der Waals surface area contributed by atoms with Crippen LogP contribution in [0.5, 0.6) is 5.75 Å². The lowest BCUT2D eigenvalue weighted by Gasteiger charge is -2.59. The number of likely N-dealkylation sites (tertiary alicyclic amines) is 1. The molecule has 0 amide bonds. The van der Waals surface area contributed by atoms with Gasteiger partial charge in [0.1, 0.15) is 11.5 Å². The molecule has 3 atom stereocenters. The molecule has 2 unspecified atom stereocenters. The molecule has 1 aromatic rings. The summed E-state index contributed by atoms with van der Waals surface area (Å²) in [6, 6.07) is 5.27. The molecule has 1 aliphatic carbocycles. The number of aromatic hydroxyl groups is 1. The van der Waals surface area contributed by atoms with Crippen LogP contribution < -0.4 is 0 Å². The van der Waals surface area contributed by atoms with E-state index in [1.165, 1.54) is 0 Å². The molecule has 1 saturated heterocycles. The van der Waals surface area contributed by atoms with Crippen LogP contribution in [0.1, 0.15) is 43.7 Å². The molecule has 2 N–H and O–H groups in total. The summed E-state index contributed by atoms with van der Waals surface area (Å²) in [7, 11) is 2.03. The number of ketones is 1. The molecular weight excluding hydrogens is 278 g/mol. The Morgan fingerprint density at radius 3 is 2.77 bits per heavy atom. The molecule has 2 fully saturated rings. The van der Waals surface area contributed by atoms with Gasteiger partial charge in [-0.25, -0.2) is 0 Å². The standard InChI is InChI=1S/C18H25NO3/c1-12-4-5-14(20)10-16(12)17-8-9-19(3)13(2)18(17,22)7-6-15(21)11-17/h4-5,10,13,20,22H,6-9,11H2,1-3H3/t13?,17-,18?/m1/s1. The molecular formula is C18H25NO3. The highest BCUT2D eigenvalue weighted by molar-refractivity contribution is 5.82. The average molecular weight is 303 g/mol. The van der Waals surface area contributed by atoms with Crippen LogP contribution in [-0.4, -0.2) is 46.1 Å². The number of carbonyl (C=O) groups is 1. The summed E-state index contributed by atoms with van der Waals surface area (Å²) in [5.74, 6) is 0.408. The van der Waals surface area contributed by atoms with Crippen molar-refractivity contribution >= 4 is 5.78 Å². The second-order valence-corrected chi connectivity index (χ2v) is 7.13. The van der Waals surface area contributed by atoms with Gasteiger partial charge in [0.2, 0.25) is 0 Å². The van der Waals surface area contributed by atoms with Gasteiger partial charge in [0.05, 0.1) is 5.60 Å². The third kappa shape index (κ3) is 2.01. The molecule has 0 aromatic heterocycles. The maximum Gasteiger partial charge on any atom is 0.134 e. The Morgan fingerprint density at radius 2 is 2.05 bits per heavy atom. The first-order valence-electron chi connectivity index (χ1n) is 8.04. The number of piperidine rings is 1. The van der Waals surface area contributed by atoms with Crippen molar-refractivity contribution in [2.45, 2.75) is 56.6 Å². The van der Waals surface area contributed by atoms with Gasteiger partial charge in [0.25, 0.3) is 0 Å². The topological polar surface area (TPSA) is 60.8 Å². The van der Waals surface area contributed by atoms with Crippen LogP contribution in [0.25, 0.3) is 0 Å². The monoisotopic (exact) mass is 303 g/mol. The molecule has 1 heterocycles. The maximum absolute atomic E-state index is 12.2. The first-order chi connectivity index (χ1) is 10.3. The molecule has 2 aliphatic rings. The lowest BCUT2D eigenvalue weighted by Crippen LogP contribution is -2.69. The number of rotatable bonds is 1. The predicted octanol–water partition coefficient (Wildman–Crippen LogP) is 2.15. The summed E-state index contributed by atoms with van der Waals surface area (Å²) < 4.78 is 0. The van der Waals surface area contributed by atoms with Crippen LogP contribution in [0.15, 0.2) is 18.2 Å². The van der Waals surface area contributed by atoms with E-state index in [1.807, 2.05) is 27.0 Å². The van der Waals surface area contributed by atoms with Gasteiger partial charge in [-0.1, -0.05) is 6.07 Å². The average Bonchev–Trinajstić information content (AvgIpc) is 2.48. The van der Waals surface area contributed by atoms with E-state index >= 15 is 0 Å². The van der Waals surface area contributed by atoms with Gasteiger partial charge in [-0.15, -0.1) is 0 Å². The smallest absolute Gasteiger partial charge is 0.134 e. The largest absolute Gasteiger partial charge is 0.508 e. The minimum atomic E-state index is -0.938. The summed E-state index contributed by atoms with van der Waals surface area (Å²) in [5.41, 5.74) is 0.439. The van der Waals surface area contributed by atoms with Crippen molar-refractivity contribution in [3.8, 4) is 5.75 Å². The van der Waals surface area contributed by atoms with Crippen LogP contribution in [-0.2, 0) is 10.2 Å². The first kappa shape index (κ1) is 15.5. The number of aliphatic hydroxyl groups is 1. The van der Waals surface area contributed by atoms with Crippen molar-refractivity contribution in [3.63, 3.8) is 0 Å². The zero-order valence-corrected chi connectivity index (χ0v) is 13.6. The molecule has 4 heteroatoms. The highest BCUT2D eigenvalue weighted by atomic mass is 16.3. The van der Waals surface area contributed by atoms with Crippen molar-refractivity contribution in [1.29, 1.82) is 0 Å². The van der Waals surface area contributed by atoms with Gasteiger partial charge < -0.3 is 15.1 Å². The fraction of sp³-hybridized carbons (Fsp3) is 0.611. The molecule has 1 aromatic carbocycles. The minimum absolute atomic E-state index is 0.0175. The number of fused-ring (bicyclic) bond motifs is 1. The number of benzene rings is 1. The van der Waals surface area contributed by atoms with Gasteiger partial charge in [-0.3, -0.25) is 4.79 Å². The summed E-state index contributed by atoms with van der Waals surface area (Å²) in [5, 5.41) is 21.5. The van der Waals surface area contributed by atoms with E-state index in [1.54, 1.807) is 12.1 Å². The number of carbonyl (C=O) groups excluding carboxylic acids is 1. The van der Waals surface area contributed by atoms with Gasteiger partial charge in [-0.2, -0.15) is 0 Å². The molecule has 1 aliphatic heterocycles. The lowest BCUT2D eigenvalue weighted by molar-refractivity contribution is -0.161. The molecule has 0 bridgehead atoms. The van der Waals surface area contributed by atoms with Crippen molar-refractivity contribution in [2.75, 3.05) is 13.6 Å². The molecule has 3 rings (SSSR count). The summed E-state index contributed by atoms with van der Waals surface area (Å²) in [4.78, 5) is 14.4. The molecule has 4 nitrogen and oxygen atoms in total. The Balaban J connectivity index is 2.21. The number of phenolic OH excluding ortho intramolecular Hbond substituents is 1. The molecule has 120 valence electrons. The fourth-order valence-electron chi connectivity index (χ4n) is 4.58. The molecule has 0 spiro atoms. The number of hydrogen-bond acceptors (Lipinski definition) is 4. The minimum Gasteiger partial charge on any atom is -0.508 e. The van der Waals surface area contributed by atoms with E-state index in [0.29, 0.717) is 19.3 Å². The Morgan fingerprint density at radius 1 is 1.32 bits per heavy atom. The summed E-state index contributed by atoms with van der Waals surface area (Å²) in [6.07, 6.45) is 2.03. The van der Waals surface area contributed by atoms with Crippen molar-refractivity contribution in [1.82, 2.24) is 4.90 Å². The third-order valence-electron chi connectivity index (χ3n) is 6.09. The Kier molecular flexibility index (Phi) is 3.57. The van der Waals surface area contributed by atoms with E-state index in [-0.39, 0.29) is 17.6 Å². The van der Waals surface area contributed by atoms with E-state index in [9.17, 15) is 15.0 Å². The molecule has 1 saturated carbocycles. The summed E-state index contributed by atoms with van der Waals surface area (Å²) >= 11 is 0. The Labute approximate surface area is 131 Å². The first-order valence-corrected chi connectivity index (χ1v) is 8.04. The number of hydrogen-bond donors (Lipinski definition) is 2. The predicted molar refractivity (Wildman–Crippen MR) is 85.0 cm³/mol. The van der Waals surface area contributed by atoms with Gasteiger partial charge in [0, 0.05) is 24.3 Å². The zero-order chi connectivity index (χ0) is 16.1. The highest BCUT2D eigenvalue weighted by Crippen LogP contribution is 2.53. The van der Waals surface area contributed by atoms with Gasteiger partial charge in [-0.05, 0) is 63.5 Å². The zero-order valence-electron chi connectivity index (χ0n) is 13.6. The van der Waals surface area contributed by atoms with Crippen LogP contribution in [0.4, 0.5) is 0 Å². The molecule has 22 heavy (non-hydrogen) atoms. The SMILES string of the molecule is Cc1ccc(O)cc1[C@]12CCN(C)C(C)C1(O)CCC(=O)C2. The number of likely N-dealkylation sites (N-methyl/N-ethyl adjacent to an activating group) is 1.